The molecule has 0 spiro atoms. The fraction of sp³-hybridized carbons (Fsp3) is 0.133. The first kappa shape index (κ1) is 23.7. The molecule has 0 radical (unpaired) electrons. The monoisotopic (exact) mass is 407 g/mol. The lowest BCUT2D eigenvalue weighted by Gasteiger charge is -2.38. The van der Waals surface area contributed by atoms with Crippen LogP contribution >= 0.6 is 0 Å². The summed E-state index contributed by atoms with van der Waals surface area (Å²) in [7, 11) is 0. The molecule has 31 heavy (non-hydrogen) atoms. The Labute approximate surface area is 188 Å². The zero-order valence-electron chi connectivity index (χ0n) is 19.0. The summed E-state index contributed by atoms with van der Waals surface area (Å²) in [5, 5.41) is 0. The minimum absolute atomic E-state index is 0.564. The van der Waals surface area contributed by atoms with E-state index >= 15 is 0 Å². The normalized spacial score (nSPS) is 19.8. The molecule has 0 bridgehead atoms. The molecule has 1 aromatic rings. The zero-order valence-corrected chi connectivity index (χ0v) is 19.0. The second-order valence-electron chi connectivity index (χ2n) is 7.57. The number of rotatable bonds is 9. The van der Waals surface area contributed by atoms with Crippen LogP contribution in [0.15, 0.2) is 150 Å². The summed E-state index contributed by atoms with van der Waals surface area (Å²) >= 11 is 0. The number of hydrogen-bond donors (Lipinski definition) is 1. The number of allylic oxidation sites excluding steroid dienone is 15. The maximum absolute atomic E-state index is 5.93. The Morgan fingerprint density at radius 3 is 2.32 bits per heavy atom. The van der Waals surface area contributed by atoms with Crippen LogP contribution in [-0.2, 0) is 5.41 Å². The summed E-state index contributed by atoms with van der Waals surface area (Å²) in [5.74, 6) is 0. The fourth-order valence-corrected chi connectivity index (χ4v) is 4.21. The first-order valence-corrected chi connectivity index (χ1v) is 10.4. The number of benzene rings is 1. The van der Waals surface area contributed by atoms with Crippen LogP contribution < -0.4 is 5.73 Å². The van der Waals surface area contributed by atoms with E-state index < -0.39 is 5.41 Å². The van der Waals surface area contributed by atoms with Gasteiger partial charge in [0.1, 0.15) is 0 Å². The minimum Gasteiger partial charge on any atom is -0.405 e. The molecule has 0 amide bonds. The molecular weight excluding hydrogens is 374 g/mol. The summed E-state index contributed by atoms with van der Waals surface area (Å²) in [5.41, 5.74) is 13.8. The van der Waals surface area contributed by atoms with E-state index in [-0.39, 0.29) is 0 Å². The third-order valence-electron chi connectivity index (χ3n) is 5.63. The van der Waals surface area contributed by atoms with Crippen LogP contribution in [0.3, 0.4) is 0 Å². The molecule has 1 aromatic carbocycles. The van der Waals surface area contributed by atoms with Gasteiger partial charge in [0.2, 0.25) is 0 Å². The quantitative estimate of drug-likeness (QED) is 0.419. The zero-order chi connectivity index (χ0) is 23.0. The molecule has 0 aliphatic heterocycles. The molecule has 2 rings (SSSR count). The molecular formula is C30H33N. The molecule has 1 atom stereocenters. The van der Waals surface area contributed by atoms with E-state index in [2.05, 4.69) is 87.9 Å². The Morgan fingerprint density at radius 2 is 1.77 bits per heavy atom. The van der Waals surface area contributed by atoms with E-state index in [1.165, 1.54) is 0 Å². The van der Waals surface area contributed by atoms with Crippen LogP contribution in [0.4, 0.5) is 0 Å². The highest BCUT2D eigenvalue weighted by Gasteiger charge is 2.45. The second kappa shape index (κ2) is 10.4. The van der Waals surface area contributed by atoms with Crippen molar-refractivity contribution < 1.29 is 0 Å². The Hall–Kier alpha value is -3.58. The van der Waals surface area contributed by atoms with Gasteiger partial charge in [-0.2, -0.15) is 0 Å². The Morgan fingerprint density at radius 1 is 1.10 bits per heavy atom. The second-order valence-corrected chi connectivity index (χ2v) is 7.57. The van der Waals surface area contributed by atoms with Crippen LogP contribution in [0.1, 0.15) is 26.3 Å². The Bertz CT molecular complexity index is 1060. The van der Waals surface area contributed by atoms with E-state index in [4.69, 9.17) is 5.73 Å². The summed E-state index contributed by atoms with van der Waals surface area (Å²) in [6, 6.07) is 10.5. The summed E-state index contributed by atoms with van der Waals surface area (Å²) in [6.07, 6.45) is 17.8. The standard InChI is InChI=1S/C30H33N/c1-8-14-26(15-9-2)30(27-16-12-11-13-17-27)28(18-19-31)25(7)21-29(30)24(6)20-23(5)22(4)10-3/h8-21H,1,3-4,6,31H2,2,5,7H3/b15-9-,19-18-,23-20+,26-14+. The minimum atomic E-state index is -0.564. The van der Waals surface area contributed by atoms with Crippen LogP contribution in [0, 0.1) is 0 Å². The average molecular weight is 408 g/mol. The van der Waals surface area contributed by atoms with Gasteiger partial charge in [-0.05, 0) is 77.6 Å². The average Bonchev–Trinajstić information content (AvgIpc) is 3.07. The molecule has 0 aromatic heterocycles. The maximum Gasteiger partial charge on any atom is 0.0710 e. The van der Waals surface area contributed by atoms with Gasteiger partial charge in [-0.15, -0.1) is 0 Å². The van der Waals surface area contributed by atoms with Gasteiger partial charge in [-0.3, -0.25) is 0 Å². The van der Waals surface area contributed by atoms with E-state index in [0.29, 0.717) is 0 Å². The molecule has 1 aliphatic carbocycles. The van der Waals surface area contributed by atoms with Crippen molar-refractivity contribution in [3.05, 3.63) is 156 Å². The first-order valence-electron chi connectivity index (χ1n) is 10.4. The van der Waals surface area contributed by atoms with Crippen LogP contribution in [0.2, 0.25) is 0 Å². The topological polar surface area (TPSA) is 26.0 Å². The third kappa shape index (κ3) is 4.46. The van der Waals surface area contributed by atoms with Gasteiger partial charge in [0.15, 0.2) is 0 Å². The van der Waals surface area contributed by atoms with E-state index in [0.717, 1.165) is 44.6 Å². The van der Waals surface area contributed by atoms with Crippen LogP contribution in [-0.4, -0.2) is 0 Å². The molecule has 0 heterocycles. The van der Waals surface area contributed by atoms with Gasteiger partial charge < -0.3 is 5.73 Å². The van der Waals surface area contributed by atoms with E-state index in [1.54, 1.807) is 12.3 Å². The lowest BCUT2D eigenvalue weighted by molar-refractivity contribution is 0.746. The van der Waals surface area contributed by atoms with Crippen molar-refractivity contribution in [2.24, 2.45) is 5.73 Å². The summed E-state index contributed by atoms with van der Waals surface area (Å²) in [4.78, 5) is 0. The van der Waals surface area contributed by atoms with Crippen molar-refractivity contribution in [2.45, 2.75) is 26.2 Å². The third-order valence-corrected chi connectivity index (χ3v) is 5.63. The lowest BCUT2D eigenvalue weighted by Crippen LogP contribution is -2.31. The van der Waals surface area contributed by atoms with Gasteiger partial charge in [-0.1, -0.05) is 99.2 Å². The molecule has 1 unspecified atom stereocenters. The van der Waals surface area contributed by atoms with Crippen molar-refractivity contribution in [2.75, 3.05) is 0 Å². The number of nitrogens with two attached hydrogens (primary N) is 1. The summed E-state index contributed by atoms with van der Waals surface area (Å²) in [6.45, 7) is 22.5. The van der Waals surface area contributed by atoms with Gasteiger partial charge in [0, 0.05) is 0 Å². The van der Waals surface area contributed by atoms with Gasteiger partial charge in [0.05, 0.1) is 5.41 Å². The van der Waals surface area contributed by atoms with Crippen molar-refractivity contribution in [1.82, 2.24) is 0 Å². The SMILES string of the molecule is C=C/C=C(\C=C/C)C1(c2ccccc2)C(C(=C)/C=C(\C)C(=C)C=C)=CC(C)=C1/C=C\N. The predicted molar refractivity (Wildman–Crippen MR) is 138 cm³/mol. The van der Waals surface area contributed by atoms with Gasteiger partial charge >= 0.3 is 0 Å². The number of hydrogen-bond acceptors (Lipinski definition) is 1. The van der Waals surface area contributed by atoms with Crippen LogP contribution in [0.5, 0.6) is 0 Å². The Kier molecular flexibility index (Phi) is 7.99. The molecule has 0 saturated heterocycles. The Balaban J connectivity index is 2.95. The highest BCUT2D eigenvalue weighted by Crippen LogP contribution is 2.54. The van der Waals surface area contributed by atoms with Crippen molar-refractivity contribution in [3.8, 4) is 0 Å². The smallest absolute Gasteiger partial charge is 0.0710 e. The highest BCUT2D eigenvalue weighted by atomic mass is 14.5. The molecule has 158 valence electrons. The fourth-order valence-electron chi connectivity index (χ4n) is 4.21. The van der Waals surface area contributed by atoms with Crippen LogP contribution in [0.25, 0.3) is 0 Å². The van der Waals surface area contributed by atoms with E-state index in [9.17, 15) is 0 Å². The highest BCUT2D eigenvalue weighted by molar-refractivity contribution is 5.74. The molecule has 1 heteroatoms. The van der Waals surface area contributed by atoms with Crippen molar-refractivity contribution >= 4 is 0 Å². The molecule has 1 aliphatic rings. The largest absolute Gasteiger partial charge is 0.405 e. The van der Waals surface area contributed by atoms with Crippen molar-refractivity contribution in [3.63, 3.8) is 0 Å². The molecule has 2 N–H and O–H groups in total. The summed E-state index contributed by atoms with van der Waals surface area (Å²) < 4.78 is 0. The van der Waals surface area contributed by atoms with Crippen molar-refractivity contribution in [1.29, 1.82) is 0 Å². The molecule has 1 nitrogen and oxygen atoms in total. The molecule has 0 fully saturated rings. The molecule has 0 saturated carbocycles. The van der Waals surface area contributed by atoms with Gasteiger partial charge in [-0.25, -0.2) is 0 Å². The predicted octanol–water partition coefficient (Wildman–Crippen LogP) is 7.59. The van der Waals surface area contributed by atoms with Gasteiger partial charge in [0.25, 0.3) is 0 Å². The lowest BCUT2D eigenvalue weighted by atomic mass is 9.63. The van der Waals surface area contributed by atoms with E-state index in [1.807, 2.05) is 32.1 Å². The first-order chi connectivity index (χ1) is 14.9. The maximum atomic E-state index is 5.93.